The molecule has 16 heavy (non-hydrogen) atoms. The van der Waals surface area contributed by atoms with Gasteiger partial charge in [0.05, 0.1) is 6.54 Å². The summed E-state index contributed by atoms with van der Waals surface area (Å²) in [4.78, 5) is 1.54. The number of likely N-dealkylation sites (tertiary alicyclic amines) is 1. The van der Waals surface area contributed by atoms with Gasteiger partial charge in [-0.25, -0.2) is 4.39 Å². The molecule has 4 N–H and O–H groups in total. The van der Waals surface area contributed by atoms with Crippen molar-refractivity contribution >= 4 is 0 Å². The number of benzene rings is 1. The first kappa shape index (κ1) is 11.6. The van der Waals surface area contributed by atoms with Gasteiger partial charge in [-0.1, -0.05) is 12.1 Å². The molecule has 0 amide bonds. The van der Waals surface area contributed by atoms with Crippen LogP contribution in [-0.2, 0) is 6.54 Å². The lowest BCUT2D eigenvalue weighted by molar-refractivity contribution is -0.928. The van der Waals surface area contributed by atoms with E-state index in [0.29, 0.717) is 6.04 Å². The highest BCUT2D eigenvalue weighted by atomic mass is 19.1. The van der Waals surface area contributed by atoms with E-state index in [1.54, 1.807) is 4.90 Å². The Morgan fingerprint density at radius 3 is 3.06 bits per heavy atom. The number of nitrogens with one attached hydrogen (secondary N) is 1. The molecule has 1 heterocycles. The zero-order valence-corrected chi connectivity index (χ0v) is 9.93. The van der Waals surface area contributed by atoms with Crippen LogP contribution in [0.2, 0.25) is 0 Å². The lowest BCUT2D eigenvalue weighted by Crippen LogP contribution is -3.14. The van der Waals surface area contributed by atoms with Crippen molar-refractivity contribution in [2.24, 2.45) is 0 Å². The first-order chi connectivity index (χ1) is 7.66. The van der Waals surface area contributed by atoms with Gasteiger partial charge in [0.15, 0.2) is 0 Å². The average molecular weight is 224 g/mol. The van der Waals surface area contributed by atoms with Crippen molar-refractivity contribution < 1.29 is 15.0 Å². The first-order valence-corrected chi connectivity index (χ1v) is 6.07. The van der Waals surface area contributed by atoms with Crippen LogP contribution in [0.4, 0.5) is 4.39 Å². The van der Waals surface area contributed by atoms with Crippen LogP contribution >= 0.6 is 0 Å². The van der Waals surface area contributed by atoms with E-state index in [2.05, 4.69) is 5.73 Å². The summed E-state index contributed by atoms with van der Waals surface area (Å²) in [6.45, 7) is 5.13. The predicted molar refractivity (Wildman–Crippen MR) is 61.4 cm³/mol. The van der Waals surface area contributed by atoms with E-state index in [9.17, 15) is 4.39 Å². The van der Waals surface area contributed by atoms with E-state index in [0.717, 1.165) is 24.2 Å². The molecule has 88 valence electrons. The lowest BCUT2D eigenvalue weighted by Gasteiger charge is -2.26. The van der Waals surface area contributed by atoms with Crippen LogP contribution in [0.3, 0.4) is 0 Å². The molecule has 0 bridgehead atoms. The monoisotopic (exact) mass is 224 g/mol. The van der Waals surface area contributed by atoms with Crippen LogP contribution in [0, 0.1) is 12.7 Å². The molecule has 0 aromatic heterocycles. The summed E-state index contributed by atoms with van der Waals surface area (Å²) in [7, 11) is 0. The molecule has 1 aromatic rings. The largest absolute Gasteiger partial charge is 0.350 e. The van der Waals surface area contributed by atoms with Crippen molar-refractivity contribution in [3.8, 4) is 0 Å². The Bertz CT molecular complexity index is 365. The molecule has 3 heteroatoms. The van der Waals surface area contributed by atoms with Gasteiger partial charge in [-0.15, -0.1) is 0 Å². The number of piperidine rings is 1. The van der Waals surface area contributed by atoms with E-state index < -0.39 is 0 Å². The highest BCUT2D eigenvalue weighted by Crippen LogP contribution is 2.11. The third kappa shape index (κ3) is 2.60. The molecule has 0 radical (unpaired) electrons. The van der Waals surface area contributed by atoms with Gasteiger partial charge in [-0.2, -0.15) is 0 Å². The second-order valence-corrected chi connectivity index (χ2v) is 4.91. The highest BCUT2D eigenvalue weighted by molar-refractivity contribution is 5.26. The second kappa shape index (κ2) is 4.93. The van der Waals surface area contributed by atoms with Crippen LogP contribution in [0.15, 0.2) is 18.2 Å². The molecule has 0 aliphatic carbocycles. The number of rotatable bonds is 2. The van der Waals surface area contributed by atoms with E-state index in [4.69, 9.17) is 0 Å². The van der Waals surface area contributed by atoms with Gasteiger partial charge in [0.1, 0.15) is 24.9 Å². The zero-order valence-electron chi connectivity index (χ0n) is 9.93. The van der Waals surface area contributed by atoms with Crippen molar-refractivity contribution in [3.63, 3.8) is 0 Å². The van der Waals surface area contributed by atoms with Crippen molar-refractivity contribution in [1.29, 1.82) is 0 Å². The molecule has 2 unspecified atom stereocenters. The van der Waals surface area contributed by atoms with E-state index in [-0.39, 0.29) is 5.82 Å². The summed E-state index contributed by atoms with van der Waals surface area (Å²) in [5, 5.41) is 0. The zero-order chi connectivity index (χ0) is 11.5. The summed E-state index contributed by atoms with van der Waals surface area (Å²) < 4.78 is 13.4. The lowest BCUT2D eigenvalue weighted by atomic mass is 10.0. The minimum Gasteiger partial charge on any atom is -0.350 e. The highest BCUT2D eigenvalue weighted by Gasteiger charge is 2.23. The Morgan fingerprint density at radius 1 is 1.50 bits per heavy atom. The van der Waals surface area contributed by atoms with Crippen molar-refractivity contribution in [1.82, 2.24) is 0 Å². The van der Waals surface area contributed by atoms with Crippen LogP contribution in [0.5, 0.6) is 0 Å². The summed E-state index contributed by atoms with van der Waals surface area (Å²) in [5.41, 5.74) is 6.08. The summed E-state index contributed by atoms with van der Waals surface area (Å²) in [6.07, 6.45) is 2.49. The summed E-state index contributed by atoms with van der Waals surface area (Å²) >= 11 is 0. The molecule has 1 fully saturated rings. The van der Waals surface area contributed by atoms with E-state index in [1.165, 1.54) is 25.5 Å². The smallest absolute Gasteiger partial charge is 0.134 e. The molecule has 2 nitrogen and oxygen atoms in total. The fraction of sp³-hybridized carbons (Fsp3) is 0.538. The standard InChI is InChI=1S/C13H19FN2/c1-10-11(4-2-6-13(10)14)8-16-7-3-5-12(15)9-16/h2,4,6,12H,3,5,7-9,15H2,1H3/p+2. The number of halogens is 1. The number of hydrogen-bond donors (Lipinski definition) is 2. The molecule has 1 aromatic carbocycles. The molecule has 0 saturated carbocycles. The van der Waals surface area contributed by atoms with Gasteiger partial charge >= 0.3 is 0 Å². The molecular weight excluding hydrogens is 203 g/mol. The third-order valence-corrected chi connectivity index (χ3v) is 3.54. The SMILES string of the molecule is Cc1c(F)cccc1C[NH+]1CCCC([NH3+])C1. The summed E-state index contributed by atoms with van der Waals surface area (Å²) in [5.74, 6) is -0.0833. The van der Waals surface area contributed by atoms with Gasteiger partial charge in [0.25, 0.3) is 0 Å². The van der Waals surface area contributed by atoms with Crippen LogP contribution in [-0.4, -0.2) is 19.1 Å². The normalized spacial score (nSPS) is 25.7. The fourth-order valence-electron chi connectivity index (χ4n) is 2.53. The Balaban J connectivity index is 2.05. The number of hydrogen-bond acceptors (Lipinski definition) is 0. The van der Waals surface area contributed by atoms with Gasteiger partial charge < -0.3 is 10.6 Å². The van der Waals surface area contributed by atoms with Gasteiger partial charge in [-0.05, 0) is 18.6 Å². The average Bonchev–Trinajstić information content (AvgIpc) is 2.25. The molecular formula is C13H21FN2+2. The Labute approximate surface area is 96.2 Å². The van der Waals surface area contributed by atoms with Crippen LogP contribution < -0.4 is 10.6 Å². The molecule has 2 rings (SSSR count). The van der Waals surface area contributed by atoms with Crippen LogP contribution in [0.1, 0.15) is 24.0 Å². The maximum Gasteiger partial charge on any atom is 0.134 e. The Hall–Kier alpha value is -0.930. The van der Waals surface area contributed by atoms with Gasteiger partial charge in [0.2, 0.25) is 0 Å². The fourth-order valence-corrected chi connectivity index (χ4v) is 2.53. The Morgan fingerprint density at radius 2 is 2.31 bits per heavy atom. The number of quaternary nitrogens is 2. The Kier molecular flexibility index (Phi) is 3.56. The summed E-state index contributed by atoms with van der Waals surface area (Å²) in [6, 6.07) is 5.95. The maximum atomic E-state index is 13.4. The minimum atomic E-state index is -0.0833. The van der Waals surface area contributed by atoms with Gasteiger partial charge in [0, 0.05) is 18.4 Å². The van der Waals surface area contributed by atoms with E-state index >= 15 is 0 Å². The molecule has 1 aliphatic rings. The quantitative estimate of drug-likeness (QED) is 0.704. The molecule has 0 spiro atoms. The van der Waals surface area contributed by atoms with Gasteiger partial charge in [-0.3, -0.25) is 0 Å². The third-order valence-electron chi connectivity index (χ3n) is 3.54. The minimum absolute atomic E-state index is 0.0833. The second-order valence-electron chi connectivity index (χ2n) is 4.91. The molecule has 1 saturated heterocycles. The molecule has 1 aliphatic heterocycles. The van der Waals surface area contributed by atoms with Crippen molar-refractivity contribution in [3.05, 3.63) is 35.1 Å². The topological polar surface area (TPSA) is 32.1 Å². The maximum absolute atomic E-state index is 13.4. The first-order valence-electron chi connectivity index (χ1n) is 6.07. The van der Waals surface area contributed by atoms with Crippen LogP contribution in [0.25, 0.3) is 0 Å². The van der Waals surface area contributed by atoms with E-state index in [1.807, 2.05) is 19.1 Å². The van der Waals surface area contributed by atoms with Crippen molar-refractivity contribution in [2.45, 2.75) is 32.4 Å². The van der Waals surface area contributed by atoms with Crippen molar-refractivity contribution in [2.75, 3.05) is 13.1 Å². The predicted octanol–water partition coefficient (Wildman–Crippen LogP) is -0.0767. The molecule has 2 atom stereocenters.